The van der Waals surface area contributed by atoms with Gasteiger partial charge >= 0.3 is 5.97 Å². The second kappa shape index (κ2) is 4.91. The first-order chi connectivity index (χ1) is 8.15. The largest absolute Gasteiger partial charge is 0.481 e. The number of aromatic amines is 1. The first-order valence-electron chi connectivity index (χ1n) is 4.71. The highest BCUT2D eigenvalue weighted by molar-refractivity contribution is 7.99. The van der Waals surface area contributed by atoms with Crippen molar-refractivity contribution in [3.63, 3.8) is 0 Å². The highest BCUT2D eigenvalue weighted by Crippen LogP contribution is 2.17. The Kier molecular flexibility index (Phi) is 3.33. The maximum Gasteiger partial charge on any atom is 0.313 e. The zero-order chi connectivity index (χ0) is 12.3. The molecule has 17 heavy (non-hydrogen) atoms. The van der Waals surface area contributed by atoms with E-state index in [1.807, 2.05) is 0 Å². The van der Waals surface area contributed by atoms with E-state index in [0.717, 1.165) is 11.8 Å². The van der Waals surface area contributed by atoms with E-state index < -0.39 is 5.97 Å². The molecule has 2 aromatic heterocycles. The van der Waals surface area contributed by atoms with E-state index in [2.05, 4.69) is 25.1 Å². The maximum atomic E-state index is 10.4. The standard InChI is InChI=1S/C9H9N5O2S/c1-5-10-2-6(3-11-5)8-12-9(14-13-8)17-4-7(15)16/h2-3H,4H2,1H3,(H,15,16)(H,12,13,14). The van der Waals surface area contributed by atoms with E-state index in [-0.39, 0.29) is 5.75 Å². The third-order valence-electron chi connectivity index (χ3n) is 1.84. The zero-order valence-electron chi connectivity index (χ0n) is 8.91. The van der Waals surface area contributed by atoms with Crippen LogP contribution in [0.15, 0.2) is 17.6 Å². The Hall–Kier alpha value is -1.96. The van der Waals surface area contributed by atoms with Gasteiger partial charge in [-0.05, 0) is 6.92 Å². The zero-order valence-corrected chi connectivity index (χ0v) is 9.73. The number of hydrogen-bond donors (Lipinski definition) is 2. The molecule has 0 aromatic carbocycles. The van der Waals surface area contributed by atoms with Gasteiger partial charge in [0.2, 0.25) is 5.16 Å². The molecular formula is C9H9N5O2S. The molecule has 2 N–H and O–H groups in total. The van der Waals surface area contributed by atoms with Crippen molar-refractivity contribution in [1.82, 2.24) is 25.1 Å². The van der Waals surface area contributed by atoms with Crippen molar-refractivity contribution in [2.75, 3.05) is 5.75 Å². The highest BCUT2D eigenvalue weighted by atomic mass is 32.2. The van der Waals surface area contributed by atoms with Gasteiger partial charge in [0.25, 0.3) is 0 Å². The highest BCUT2D eigenvalue weighted by Gasteiger charge is 2.08. The molecule has 0 radical (unpaired) electrons. The minimum Gasteiger partial charge on any atom is -0.481 e. The number of aromatic nitrogens is 5. The molecule has 0 bridgehead atoms. The number of thioether (sulfide) groups is 1. The predicted octanol–water partition coefficient (Wildman–Crippen LogP) is 0.747. The molecule has 88 valence electrons. The molecule has 0 atom stereocenters. The van der Waals surface area contributed by atoms with E-state index in [1.165, 1.54) is 0 Å². The summed E-state index contributed by atoms with van der Waals surface area (Å²) < 4.78 is 0. The number of carboxylic acid groups (broad SMARTS) is 1. The van der Waals surface area contributed by atoms with Gasteiger partial charge in [0.1, 0.15) is 5.82 Å². The van der Waals surface area contributed by atoms with Gasteiger partial charge < -0.3 is 5.11 Å². The fourth-order valence-electron chi connectivity index (χ4n) is 1.08. The number of rotatable bonds is 4. The van der Waals surface area contributed by atoms with Gasteiger partial charge in [-0.15, -0.1) is 5.10 Å². The molecule has 0 fully saturated rings. The topological polar surface area (TPSA) is 105 Å². The summed E-state index contributed by atoms with van der Waals surface area (Å²) in [7, 11) is 0. The summed E-state index contributed by atoms with van der Waals surface area (Å²) in [6, 6.07) is 0. The SMILES string of the molecule is Cc1ncc(-c2nc(SCC(=O)O)n[nH]2)cn1. The van der Waals surface area contributed by atoms with Crippen molar-refractivity contribution in [2.24, 2.45) is 0 Å². The normalized spacial score (nSPS) is 10.4. The third kappa shape index (κ3) is 3.00. The molecule has 0 unspecified atom stereocenters. The van der Waals surface area contributed by atoms with Crippen LogP contribution in [0.2, 0.25) is 0 Å². The molecule has 8 heteroatoms. The van der Waals surface area contributed by atoms with Crippen molar-refractivity contribution in [1.29, 1.82) is 0 Å². The predicted molar refractivity (Wildman–Crippen MR) is 60.5 cm³/mol. The van der Waals surface area contributed by atoms with Crippen LogP contribution in [0.1, 0.15) is 5.82 Å². The van der Waals surface area contributed by atoms with Gasteiger partial charge in [-0.3, -0.25) is 9.89 Å². The summed E-state index contributed by atoms with van der Waals surface area (Å²) in [6.07, 6.45) is 3.27. The van der Waals surface area contributed by atoms with E-state index >= 15 is 0 Å². The van der Waals surface area contributed by atoms with Crippen LogP contribution in [0.5, 0.6) is 0 Å². The Morgan fingerprint density at radius 1 is 1.47 bits per heavy atom. The molecule has 0 saturated carbocycles. The number of aryl methyl sites for hydroxylation is 1. The Bertz CT molecular complexity index is 524. The Morgan fingerprint density at radius 2 is 2.18 bits per heavy atom. The first-order valence-corrected chi connectivity index (χ1v) is 5.70. The number of aliphatic carboxylic acids is 1. The van der Waals surface area contributed by atoms with Gasteiger partial charge in [0, 0.05) is 12.4 Å². The molecular weight excluding hydrogens is 242 g/mol. The first kappa shape index (κ1) is 11.5. The van der Waals surface area contributed by atoms with E-state index in [0.29, 0.717) is 22.4 Å². The van der Waals surface area contributed by atoms with Crippen LogP contribution in [-0.2, 0) is 4.79 Å². The smallest absolute Gasteiger partial charge is 0.313 e. The number of carbonyl (C=O) groups is 1. The lowest BCUT2D eigenvalue weighted by molar-refractivity contribution is -0.133. The summed E-state index contributed by atoms with van der Waals surface area (Å²) >= 11 is 1.05. The van der Waals surface area contributed by atoms with Crippen LogP contribution in [0, 0.1) is 6.92 Å². The van der Waals surface area contributed by atoms with Crippen molar-refractivity contribution in [2.45, 2.75) is 12.1 Å². The fourth-order valence-corrected chi connectivity index (χ4v) is 1.60. The summed E-state index contributed by atoms with van der Waals surface area (Å²) in [5.41, 5.74) is 0.713. The molecule has 0 aliphatic heterocycles. The third-order valence-corrected chi connectivity index (χ3v) is 2.68. The van der Waals surface area contributed by atoms with Crippen LogP contribution in [-0.4, -0.2) is 42.0 Å². The van der Waals surface area contributed by atoms with Gasteiger partial charge in [-0.2, -0.15) is 0 Å². The van der Waals surface area contributed by atoms with E-state index in [1.54, 1.807) is 19.3 Å². The van der Waals surface area contributed by atoms with Crippen molar-refractivity contribution in [3.8, 4) is 11.4 Å². The lowest BCUT2D eigenvalue weighted by Crippen LogP contribution is -1.97. The molecule has 0 amide bonds. The molecule has 0 saturated heterocycles. The van der Waals surface area contributed by atoms with Crippen LogP contribution in [0.3, 0.4) is 0 Å². The molecule has 0 aliphatic carbocycles. The minimum absolute atomic E-state index is 0.0678. The quantitative estimate of drug-likeness (QED) is 0.772. The molecule has 0 aliphatic rings. The molecule has 0 spiro atoms. The van der Waals surface area contributed by atoms with Crippen LogP contribution < -0.4 is 0 Å². The van der Waals surface area contributed by atoms with Gasteiger partial charge in [0.15, 0.2) is 5.82 Å². The number of nitrogens with one attached hydrogen (secondary N) is 1. The van der Waals surface area contributed by atoms with E-state index in [9.17, 15) is 4.79 Å². The molecule has 7 nitrogen and oxygen atoms in total. The maximum absolute atomic E-state index is 10.4. The summed E-state index contributed by atoms with van der Waals surface area (Å²) in [4.78, 5) is 22.6. The summed E-state index contributed by atoms with van der Waals surface area (Å²) in [5, 5.41) is 15.5. The van der Waals surface area contributed by atoms with Crippen molar-refractivity contribution in [3.05, 3.63) is 18.2 Å². The average molecular weight is 251 g/mol. The van der Waals surface area contributed by atoms with Crippen LogP contribution in [0.25, 0.3) is 11.4 Å². The number of H-pyrrole nitrogens is 1. The van der Waals surface area contributed by atoms with E-state index in [4.69, 9.17) is 5.11 Å². The molecule has 2 aromatic rings. The second-order valence-corrected chi connectivity index (χ2v) is 4.11. The van der Waals surface area contributed by atoms with Crippen LogP contribution in [0.4, 0.5) is 0 Å². The Labute approximate surface area is 101 Å². The van der Waals surface area contributed by atoms with Crippen LogP contribution >= 0.6 is 11.8 Å². The molecule has 2 rings (SSSR count). The van der Waals surface area contributed by atoms with Gasteiger partial charge in [-0.1, -0.05) is 11.8 Å². The fraction of sp³-hybridized carbons (Fsp3) is 0.222. The number of hydrogen-bond acceptors (Lipinski definition) is 6. The number of nitrogens with zero attached hydrogens (tertiary/aromatic N) is 4. The summed E-state index contributed by atoms with van der Waals surface area (Å²) in [6.45, 7) is 1.79. The van der Waals surface area contributed by atoms with Gasteiger partial charge in [0.05, 0.1) is 11.3 Å². The van der Waals surface area contributed by atoms with Crippen molar-refractivity contribution < 1.29 is 9.90 Å². The monoisotopic (exact) mass is 251 g/mol. The lowest BCUT2D eigenvalue weighted by atomic mass is 10.3. The van der Waals surface area contributed by atoms with Gasteiger partial charge in [-0.25, -0.2) is 15.0 Å². The second-order valence-electron chi connectivity index (χ2n) is 3.17. The van der Waals surface area contributed by atoms with Crippen molar-refractivity contribution >= 4 is 17.7 Å². The Balaban J connectivity index is 2.12. The number of carboxylic acids is 1. The molecule has 2 heterocycles. The lowest BCUT2D eigenvalue weighted by Gasteiger charge is -1.94. The Morgan fingerprint density at radius 3 is 2.82 bits per heavy atom. The summed E-state index contributed by atoms with van der Waals surface area (Å²) in [5.74, 6) is 0.230. The average Bonchev–Trinajstić information content (AvgIpc) is 2.76. The minimum atomic E-state index is -0.903.